The molecule has 0 saturated carbocycles. The van der Waals surface area contributed by atoms with Crippen LogP contribution in [0, 0.1) is 12.8 Å². The van der Waals surface area contributed by atoms with Crippen LogP contribution in [0.25, 0.3) is 0 Å². The van der Waals surface area contributed by atoms with Gasteiger partial charge in [0.1, 0.15) is 0 Å². The summed E-state index contributed by atoms with van der Waals surface area (Å²) in [5.74, 6) is -0.0684. The van der Waals surface area contributed by atoms with Gasteiger partial charge in [-0.1, -0.05) is 24.3 Å². The van der Waals surface area contributed by atoms with Gasteiger partial charge in [0.05, 0.1) is 19.4 Å². The number of nitrogens with zero attached hydrogens (tertiary/aromatic N) is 1. The topological polar surface area (TPSA) is 46.6 Å². The highest BCUT2D eigenvalue weighted by Gasteiger charge is 2.27. The second kappa shape index (κ2) is 6.55. The SMILES string of the molecule is COC(=O)C1CCN(C(=O)Cc2ccccc2C)CC1. The van der Waals surface area contributed by atoms with Gasteiger partial charge in [-0.25, -0.2) is 0 Å². The standard InChI is InChI=1S/C16H21NO3/c1-12-5-3-4-6-14(12)11-15(18)17-9-7-13(8-10-17)16(19)20-2/h3-6,13H,7-11H2,1-2H3. The predicted octanol–water partition coefficient (Wildman–Crippen LogP) is 1.95. The number of ether oxygens (including phenoxy) is 1. The molecule has 0 radical (unpaired) electrons. The van der Waals surface area contributed by atoms with E-state index in [1.54, 1.807) is 0 Å². The lowest BCUT2D eigenvalue weighted by atomic mass is 9.96. The summed E-state index contributed by atoms with van der Waals surface area (Å²) in [7, 11) is 1.41. The molecule has 1 fully saturated rings. The molecule has 1 aromatic carbocycles. The van der Waals surface area contributed by atoms with Gasteiger partial charge in [-0.3, -0.25) is 9.59 Å². The fourth-order valence-corrected chi connectivity index (χ4v) is 2.61. The maximum atomic E-state index is 12.3. The van der Waals surface area contributed by atoms with E-state index in [-0.39, 0.29) is 17.8 Å². The minimum absolute atomic E-state index is 0.0532. The number of carbonyl (C=O) groups is 2. The van der Waals surface area contributed by atoms with E-state index in [1.165, 1.54) is 7.11 Å². The van der Waals surface area contributed by atoms with Gasteiger partial charge in [0.25, 0.3) is 0 Å². The van der Waals surface area contributed by atoms with E-state index in [1.807, 2.05) is 36.1 Å². The van der Waals surface area contributed by atoms with Crippen LogP contribution in [0.3, 0.4) is 0 Å². The Kier molecular flexibility index (Phi) is 4.77. The molecule has 20 heavy (non-hydrogen) atoms. The number of likely N-dealkylation sites (tertiary alicyclic amines) is 1. The van der Waals surface area contributed by atoms with Crippen molar-refractivity contribution in [3.05, 3.63) is 35.4 Å². The molecular weight excluding hydrogens is 254 g/mol. The van der Waals surface area contributed by atoms with Crippen LogP contribution in [0.2, 0.25) is 0 Å². The molecule has 2 rings (SSSR count). The van der Waals surface area contributed by atoms with Gasteiger partial charge in [-0.2, -0.15) is 0 Å². The van der Waals surface area contributed by atoms with E-state index < -0.39 is 0 Å². The summed E-state index contributed by atoms with van der Waals surface area (Å²) in [4.78, 5) is 25.6. The summed E-state index contributed by atoms with van der Waals surface area (Å²) >= 11 is 0. The summed E-state index contributed by atoms with van der Waals surface area (Å²) in [6.07, 6.45) is 1.84. The van der Waals surface area contributed by atoms with E-state index in [4.69, 9.17) is 4.74 Å². The summed E-state index contributed by atoms with van der Waals surface area (Å²) < 4.78 is 4.75. The van der Waals surface area contributed by atoms with Crippen molar-refractivity contribution >= 4 is 11.9 Å². The number of hydrogen-bond acceptors (Lipinski definition) is 3. The zero-order chi connectivity index (χ0) is 14.5. The second-order valence-corrected chi connectivity index (χ2v) is 5.28. The van der Waals surface area contributed by atoms with Gasteiger partial charge in [-0.15, -0.1) is 0 Å². The van der Waals surface area contributed by atoms with E-state index in [0.29, 0.717) is 32.4 Å². The molecule has 1 aromatic rings. The Bertz CT molecular complexity index is 490. The summed E-state index contributed by atoms with van der Waals surface area (Å²) in [5, 5.41) is 0. The third kappa shape index (κ3) is 3.38. The first kappa shape index (κ1) is 14.6. The minimum atomic E-state index is -0.156. The van der Waals surface area contributed by atoms with Gasteiger partial charge in [0.15, 0.2) is 0 Å². The zero-order valence-electron chi connectivity index (χ0n) is 12.1. The largest absolute Gasteiger partial charge is 0.469 e. The third-order valence-electron chi connectivity index (χ3n) is 3.99. The number of methoxy groups -OCH3 is 1. The molecule has 1 amide bonds. The molecular formula is C16H21NO3. The third-order valence-corrected chi connectivity index (χ3v) is 3.99. The Hall–Kier alpha value is -1.84. The number of piperidine rings is 1. The maximum Gasteiger partial charge on any atom is 0.308 e. The van der Waals surface area contributed by atoms with Crippen LogP contribution >= 0.6 is 0 Å². The number of esters is 1. The average Bonchev–Trinajstić information content (AvgIpc) is 2.49. The monoisotopic (exact) mass is 275 g/mol. The van der Waals surface area contributed by atoms with Crippen LogP contribution in [0.15, 0.2) is 24.3 Å². The first-order chi connectivity index (χ1) is 9.61. The number of amides is 1. The first-order valence-electron chi connectivity index (χ1n) is 7.02. The van der Waals surface area contributed by atoms with Gasteiger partial charge >= 0.3 is 5.97 Å². The van der Waals surface area contributed by atoms with Crippen LogP contribution < -0.4 is 0 Å². The fraction of sp³-hybridized carbons (Fsp3) is 0.500. The van der Waals surface area contributed by atoms with Gasteiger partial charge < -0.3 is 9.64 Å². The summed E-state index contributed by atoms with van der Waals surface area (Å²) in [6, 6.07) is 7.95. The Labute approximate surface area is 119 Å². The quantitative estimate of drug-likeness (QED) is 0.792. The number of benzene rings is 1. The van der Waals surface area contributed by atoms with Crippen molar-refractivity contribution in [2.24, 2.45) is 5.92 Å². The molecule has 0 unspecified atom stereocenters. The van der Waals surface area contributed by atoms with E-state index in [0.717, 1.165) is 11.1 Å². The smallest absolute Gasteiger partial charge is 0.308 e. The van der Waals surface area contributed by atoms with Crippen molar-refractivity contribution in [1.29, 1.82) is 0 Å². The first-order valence-corrected chi connectivity index (χ1v) is 7.02. The molecule has 108 valence electrons. The maximum absolute atomic E-state index is 12.3. The van der Waals surface area contributed by atoms with Gasteiger partial charge in [0.2, 0.25) is 5.91 Å². The van der Waals surface area contributed by atoms with Gasteiger partial charge in [0, 0.05) is 13.1 Å². The van der Waals surface area contributed by atoms with Crippen molar-refractivity contribution in [3.8, 4) is 0 Å². The highest BCUT2D eigenvalue weighted by atomic mass is 16.5. The Morgan fingerprint density at radius 2 is 1.90 bits per heavy atom. The number of aryl methyl sites for hydroxylation is 1. The molecule has 4 heteroatoms. The summed E-state index contributed by atoms with van der Waals surface area (Å²) in [5.41, 5.74) is 2.22. The molecule has 0 N–H and O–H groups in total. The lowest BCUT2D eigenvalue weighted by Gasteiger charge is -2.30. The minimum Gasteiger partial charge on any atom is -0.469 e. The number of rotatable bonds is 3. The van der Waals surface area contributed by atoms with E-state index in [9.17, 15) is 9.59 Å². The van der Waals surface area contributed by atoms with Crippen LogP contribution in [0.4, 0.5) is 0 Å². The molecule has 1 heterocycles. The zero-order valence-corrected chi connectivity index (χ0v) is 12.1. The molecule has 0 spiro atoms. The van der Waals surface area contributed by atoms with Crippen LogP contribution in [0.1, 0.15) is 24.0 Å². The van der Waals surface area contributed by atoms with E-state index >= 15 is 0 Å². The Morgan fingerprint density at radius 1 is 1.25 bits per heavy atom. The van der Waals surface area contributed by atoms with Crippen LogP contribution in [0.5, 0.6) is 0 Å². The molecule has 1 aliphatic heterocycles. The lowest BCUT2D eigenvalue weighted by Crippen LogP contribution is -2.41. The van der Waals surface area contributed by atoms with Crippen LogP contribution in [-0.2, 0) is 20.7 Å². The molecule has 4 nitrogen and oxygen atoms in total. The predicted molar refractivity (Wildman–Crippen MR) is 76.2 cm³/mol. The average molecular weight is 275 g/mol. The highest BCUT2D eigenvalue weighted by molar-refractivity contribution is 5.79. The molecule has 0 bridgehead atoms. The highest BCUT2D eigenvalue weighted by Crippen LogP contribution is 2.19. The van der Waals surface area contributed by atoms with E-state index in [2.05, 4.69) is 0 Å². The van der Waals surface area contributed by atoms with Crippen molar-refractivity contribution in [2.75, 3.05) is 20.2 Å². The lowest BCUT2D eigenvalue weighted by molar-refractivity contribution is -0.148. The van der Waals surface area contributed by atoms with Crippen LogP contribution in [-0.4, -0.2) is 37.0 Å². The molecule has 1 saturated heterocycles. The molecule has 0 atom stereocenters. The molecule has 0 aliphatic carbocycles. The Balaban J connectivity index is 1.89. The van der Waals surface area contributed by atoms with Gasteiger partial charge in [-0.05, 0) is 30.9 Å². The Morgan fingerprint density at radius 3 is 2.50 bits per heavy atom. The number of hydrogen-bond donors (Lipinski definition) is 0. The van der Waals surface area contributed by atoms with Crippen molar-refractivity contribution < 1.29 is 14.3 Å². The molecule has 0 aromatic heterocycles. The normalized spacial score (nSPS) is 16.0. The summed E-state index contributed by atoms with van der Waals surface area (Å²) in [6.45, 7) is 3.31. The van der Waals surface area contributed by atoms with Crippen molar-refractivity contribution in [3.63, 3.8) is 0 Å². The molecule has 1 aliphatic rings. The van der Waals surface area contributed by atoms with Crippen molar-refractivity contribution in [2.45, 2.75) is 26.2 Å². The number of carbonyl (C=O) groups excluding carboxylic acids is 2. The second-order valence-electron chi connectivity index (χ2n) is 5.28. The van der Waals surface area contributed by atoms with Crippen molar-refractivity contribution in [1.82, 2.24) is 4.90 Å². The fourth-order valence-electron chi connectivity index (χ4n) is 2.61.